The Kier molecular flexibility index (Phi) is 7.82. The predicted molar refractivity (Wildman–Crippen MR) is 99.8 cm³/mol. The van der Waals surface area contributed by atoms with Gasteiger partial charge in [0.1, 0.15) is 0 Å². The summed E-state index contributed by atoms with van der Waals surface area (Å²) in [6, 6.07) is 9.28. The minimum Gasteiger partial charge on any atom is -0.303 e. The molecule has 0 saturated carbocycles. The average Bonchev–Trinajstić information content (AvgIpc) is 2.50. The lowest BCUT2D eigenvalue weighted by Gasteiger charge is -2.30. The number of benzene rings is 1. The minimum absolute atomic E-state index is 0.810. The summed E-state index contributed by atoms with van der Waals surface area (Å²) in [5, 5.41) is 0. The van der Waals surface area contributed by atoms with Gasteiger partial charge < -0.3 is 4.90 Å². The summed E-state index contributed by atoms with van der Waals surface area (Å²) in [6.45, 7) is 10.9. The highest BCUT2D eigenvalue weighted by Crippen LogP contribution is 2.21. The Bertz CT molecular complexity index is 404. The summed E-state index contributed by atoms with van der Waals surface area (Å²) in [4.78, 5) is 4.07. The molecule has 1 aliphatic heterocycles. The van der Waals surface area contributed by atoms with Gasteiger partial charge in [-0.05, 0) is 87.0 Å². The third-order valence-electron chi connectivity index (χ3n) is 4.70. The molecule has 0 aromatic heterocycles. The molecule has 0 unspecified atom stereocenters. The Morgan fingerprint density at radius 2 is 1.82 bits per heavy atom. The molecule has 2 heteroatoms. The van der Waals surface area contributed by atoms with Gasteiger partial charge in [0, 0.05) is 4.90 Å². The van der Waals surface area contributed by atoms with E-state index >= 15 is 0 Å². The fourth-order valence-electron chi connectivity index (χ4n) is 2.96. The standard InChI is InChI=1S/C20H33NS/c1-17(2)12-16-22-20-8-6-19(7-9-20)5-4-13-21-14-10-18(3)11-15-21/h6-9,17-18H,4-5,10-16H2,1-3H3. The van der Waals surface area contributed by atoms with E-state index in [1.807, 2.05) is 11.8 Å². The van der Waals surface area contributed by atoms with Crippen LogP contribution >= 0.6 is 11.8 Å². The maximum atomic E-state index is 2.65. The molecule has 1 heterocycles. The van der Waals surface area contributed by atoms with Crippen molar-refractivity contribution in [1.82, 2.24) is 4.90 Å². The van der Waals surface area contributed by atoms with Crippen LogP contribution < -0.4 is 0 Å². The lowest BCUT2D eigenvalue weighted by Crippen LogP contribution is -2.33. The molecular weight excluding hydrogens is 286 g/mol. The van der Waals surface area contributed by atoms with Crippen molar-refractivity contribution >= 4 is 11.8 Å². The molecule has 1 aliphatic rings. The molecule has 22 heavy (non-hydrogen) atoms. The average molecular weight is 320 g/mol. The number of hydrogen-bond acceptors (Lipinski definition) is 2. The fourth-order valence-corrected chi connectivity index (χ4v) is 4.11. The number of thioether (sulfide) groups is 1. The van der Waals surface area contributed by atoms with Gasteiger partial charge in [-0.15, -0.1) is 11.8 Å². The van der Waals surface area contributed by atoms with Gasteiger partial charge in [-0.1, -0.05) is 32.9 Å². The molecule has 0 bridgehead atoms. The molecule has 124 valence electrons. The van der Waals surface area contributed by atoms with Crippen molar-refractivity contribution in [2.75, 3.05) is 25.4 Å². The second-order valence-electron chi connectivity index (χ2n) is 7.30. The quantitative estimate of drug-likeness (QED) is 0.583. The minimum atomic E-state index is 0.810. The normalized spacial score (nSPS) is 17.3. The zero-order valence-electron chi connectivity index (χ0n) is 14.7. The zero-order chi connectivity index (χ0) is 15.8. The van der Waals surface area contributed by atoms with Gasteiger partial charge in [0.2, 0.25) is 0 Å². The fraction of sp³-hybridized carbons (Fsp3) is 0.700. The van der Waals surface area contributed by atoms with Crippen molar-refractivity contribution in [3.05, 3.63) is 29.8 Å². The molecule has 2 rings (SSSR count). The summed E-state index contributed by atoms with van der Waals surface area (Å²) in [6.07, 6.45) is 6.61. The van der Waals surface area contributed by atoms with Crippen LogP contribution in [0, 0.1) is 11.8 Å². The van der Waals surface area contributed by atoms with Crippen molar-refractivity contribution in [1.29, 1.82) is 0 Å². The van der Waals surface area contributed by atoms with Crippen LogP contribution in [0.3, 0.4) is 0 Å². The van der Waals surface area contributed by atoms with Crippen LogP contribution in [0.4, 0.5) is 0 Å². The van der Waals surface area contributed by atoms with Gasteiger partial charge >= 0.3 is 0 Å². The summed E-state index contributed by atoms with van der Waals surface area (Å²) in [5.41, 5.74) is 1.50. The second-order valence-corrected chi connectivity index (χ2v) is 8.47. The molecule has 0 radical (unpaired) electrons. The van der Waals surface area contributed by atoms with Crippen molar-refractivity contribution in [2.45, 2.75) is 57.8 Å². The summed E-state index contributed by atoms with van der Waals surface area (Å²) in [7, 11) is 0. The molecule has 1 aromatic carbocycles. The molecule has 0 atom stereocenters. The van der Waals surface area contributed by atoms with Crippen LogP contribution in [0.5, 0.6) is 0 Å². The Labute approximate surface area is 141 Å². The van der Waals surface area contributed by atoms with Gasteiger partial charge in [0.05, 0.1) is 0 Å². The number of piperidine rings is 1. The third-order valence-corrected chi connectivity index (χ3v) is 5.75. The smallest absolute Gasteiger partial charge is 0.00721 e. The Morgan fingerprint density at radius 3 is 2.45 bits per heavy atom. The first-order chi connectivity index (χ1) is 10.6. The van der Waals surface area contributed by atoms with E-state index in [9.17, 15) is 0 Å². The van der Waals surface area contributed by atoms with Gasteiger partial charge in [0.25, 0.3) is 0 Å². The van der Waals surface area contributed by atoms with Gasteiger partial charge in [-0.25, -0.2) is 0 Å². The maximum absolute atomic E-state index is 2.65. The molecule has 0 amide bonds. The first-order valence-electron chi connectivity index (χ1n) is 9.07. The second kappa shape index (κ2) is 9.62. The highest BCUT2D eigenvalue weighted by atomic mass is 32.2. The molecule has 0 N–H and O–H groups in total. The van der Waals surface area contributed by atoms with E-state index in [2.05, 4.69) is 49.9 Å². The van der Waals surface area contributed by atoms with E-state index in [1.165, 1.54) is 68.0 Å². The third kappa shape index (κ3) is 6.75. The van der Waals surface area contributed by atoms with Crippen molar-refractivity contribution in [2.24, 2.45) is 11.8 Å². The highest BCUT2D eigenvalue weighted by Gasteiger charge is 2.14. The van der Waals surface area contributed by atoms with Gasteiger partial charge in [-0.2, -0.15) is 0 Å². The van der Waals surface area contributed by atoms with Crippen molar-refractivity contribution in [3.63, 3.8) is 0 Å². The number of nitrogens with zero attached hydrogens (tertiary/aromatic N) is 1. The van der Waals surface area contributed by atoms with Crippen LogP contribution in [0.2, 0.25) is 0 Å². The number of rotatable bonds is 8. The first kappa shape index (κ1) is 17.9. The number of hydrogen-bond donors (Lipinski definition) is 0. The lowest BCUT2D eigenvalue weighted by atomic mass is 9.99. The molecule has 0 spiro atoms. The molecule has 1 fully saturated rings. The van der Waals surface area contributed by atoms with E-state index in [0.29, 0.717) is 0 Å². The van der Waals surface area contributed by atoms with Crippen LogP contribution in [-0.2, 0) is 6.42 Å². The van der Waals surface area contributed by atoms with E-state index < -0.39 is 0 Å². The number of aryl methyl sites for hydroxylation is 1. The molecule has 1 aromatic rings. The monoisotopic (exact) mass is 319 g/mol. The van der Waals surface area contributed by atoms with Crippen LogP contribution in [0.1, 0.15) is 52.0 Å². The first-order valence-corrected chi connectivity index (χ1v) is 10.1. The summed E-state index contributed by atoms with van der Waals surface area (Å²) in [5.74, 6) is 2.99. The molecular formula is C20H33NS. The van der Waals surface area contributed by atoms with E-state index in [0.717, 1.165) is 11.8 Å². The van der Waals surface area contributed by atoms with E-state index in [4.69, 9.17) is 0 Å². The summed E-state index contributed by atoms with van der Waals surface area (Å²) < 4.78 is 0. The topological polar surface area (TPSA) is 3.24 Å². The maximum Gasteiger partial charge on any atom is 0.00721 e. The SMILES string of the molecule is CC(C)CCSc1ccc(CCCN2CCC(C)CC2)cc1. The summed E-state index contributed by atoms with van der Waals surface area (Å²) >= 11 is 2.00. The zero-order valence-corrected chi connectivity index (χ0v) is 15.5. The predicted octanol–water partition coefficient (Wildman–Crippen LogP) is 5.49. The van der Waals surface area contributed by atoms with Crippen molar-refractivity contribution < 1.29 is 0 Å². The Morgan fingerprint density at radius 1 is 1.14 bits per heavy atom. The number of likely N-dealkylation sites (tertiary alicyclic amines) is 1. The van der Waals surface area contributed by atoms with Crippen LogP contribution in [0.15, 0.2) is 29.2 Å². The van der Waals surface area contributed by atoms with Gasteiger partial charge in [0.15, 0.2) is 0 Å². The molecule has 1 saturated heterocycles. The molecule has 0 aliphatic carbocycles. The Hall–Kier alpha value is -0.470. The largest absolute Gasteiger partial charge is 0.303 e. The molecule has 1 nitrogen and oxygen atoms in total. The Balaban J connectivity index is 1.63. The van der Waals surface area contributed by atoms with E-state index in [1.54, 1.807) is 0 Å². The lowest BCUT2D eigenvalue weighted by molar-refractivity contribution is 0.191. The van der Waals surface area contributed by atoms with E-state index in [-0.39, 0.29) is 0 Å². The highest BCUT2D eigenvalue weighted by molar-refractivity contribution is 7.99. The van der Waals surface area contributed by atoms with Crippen LogP contribution in [0.25, 0.3) is 0 Å². The van der Waals surface area contributed by atoms with Crippen molar-refractivity contribution in [3.8, 4) is 0 Å². The van der Waals surface area contributed by atoms with Crippen LogP contribution in [-0.4, -0.2) is 30.3 Å². The van der Waals surface area contributed by atoms with Gasteiger partial charge in [-0.3, -0.25) is 0 Å².